The lowest BCUT2D eigenvalue weighted by Gasteiger charge is -2.36. The molecule has 1 aromatic carbocycles. The molecule has 15 heavy (non-hydrogen) atoms. The van der Waals surface area contributed by atoms with Crippen LogP contribution in [0.5, 0.6) is 0 Å². The van der Waals surface area contributed by atoms with E-state index in [2.05, 4.69) is 0 Å². The summed E-state index contributed by atoms with van der Waals surface area (Å²) in [5, 5.41) is 0. The SMILES string of the molecule is NCC1CCC1Cc1cccc(F)c1F. The van der Waals surface area contributed by atoms with Crippen molar-refractivity contribution < 1.29 is 8.78 Å². The molecule has 0 saturated heterocycles. The molecule has 82 valence electrons. The first-order valence-corrected chi connectivity index (χ1v) is 5.35. The molecule has 1 aliphatic rings. The van der Waals surface area contributed by atoms with E-state index in [1.54, 1.807) is 12.1 Å². The van der Waals surface area contributed by atoms with Gasteiger partial charge in [0.25, 0.3) is 0 Å². The smallest absolute Gasteiger partial charge is 0.162 e. The highest BCUT2D eigenvalue weighted by atomic mass is 19.2. The van der Waals surface area contributed by atoms with E-state index in [1.807, 2.05) is 0 Å². The molecule has 2 atom stereocenters. The monoisotopic (exact) mass is 211 g/mol. The number of hydrogen-bond donors (Lipinski definition) is 1. The summed E-state index contributed by atoms with van der Waals surface area (Å²) in [5.74, 6) is -0.518. The number of benzene rings is 1. The molecule has 2 unspecified atom stereocenters. The van der Waals surface area contributed by atoms with Crippen LogP contribution in [0, 0.1) is 23.5 Å². The zero-order chi connectivity index (χ0) is 10.8. The fourth-order valence-corrected chi connectivity index (χ4v) is 2.21. The van der Waals surface area contributed by atoms with Crippen LogP contribution in [0.2, 0.25) is 0 Å². The topological polar surface area (TPSA) is 26.0 Å². The van der Waals surface area contributed by atoms with E-state index < -0.39 is 11.6 Å². The van der Waals surface area contributed by atoms with Crippen molar-refractivity contribution in [2.45, 2.75) is 19.3 Å². The van der Waals surface area contributed by atoms with Crippen molar-refractivity contribution >= 4 is 0 Å². The van der Waals surface area contributed by atoms with Crippen LogP contribution in [0.4, 0.5) is 8.78 Å². The predicted octanol–water partition coefficient (Wildman–Crippen LogP) is 2.49. The number of nitrogens with two attached hydrogens (primary N) is 1. The van der Waals surface area contributed by atoms with Gasteiger partial charge in [0.2, 0.25) is 0 Å². The van der Waals surface area contributed by atoms with Gasteiger partial charge in [-0.2, -0.15) is 0 Å². The van der Waals surface area contributed by atoms with Gasteiger partial charge < -0.3 is 5.73 Å². The Balaban J connectivity index is 2.08. The van der Waals surface area contributed by atoms with Crippen molar-refractivity contribution in [3.8, 4) is 0 Å². The molecule has 1 saturated carbocycles. The molecule has 0 radical (unpaired) electrons. The van der Waals surface area contributed by atoms with Crippen LogP contribution >= 0.6 is 0 Å². The number of halogens is 2. The van der Waals surface area contributed by atoms with E-state index in [1.165, 1.54) is 0 Å². The molecular weight excluding hydrogens is 196 g/mol. The van der Waals surface area contributed by atoms with Crippen LogP contribution < -0.4 is 5.73 Å². The van der Waals surface area contributed by atoms with Crippen molar-refractivity contribution in [3.05, 3.63) is 35.4 Å². The first-order valence-electron chi connectivity index (χ1n) is 5.35. The average molecular weight is 211 g/mol. The van der Waals surface area contributed by atoms with Crippen molar-refractivity contribution in [1.82, 2.24) is 0 Å². The average Bonchev–Trinajstić information content (AvgIpc) is 2.19. The zero-order valence-electron chi connectivity index (χ0n) is 8.55. The summed E-state index contributed by atoms with van der Waals surface area (Å²) in [7, 11) is 0. The Bertz CT molecular complexity index is 349. The fraction of sp³-hybridized carbons (Fsp3) is 0.500. The van der Waals surface area contributed by atoms with Gasteiger partial charge in [0, 0.05) is 0 Å². The minimum absolute atomic E-state index is 0.436. The van der Waals surface area contributed by atoms with E-state index in [-0.39, 0.29) is 0 Å². The van der Waals surface area contributed by atoms with Gasteiger partial charge in [0.1, 0.15) is 0 Å². The Labute approximate surface area is 88.3 Å². The van der Waals surface area contributed by atoms with Crippen LogP contribution in [0.25, 0.3) is 0 Å². The van der Waals surface area contributed by atoms with E-state index in [9.17, 15) is 8.78 Å². The minimum Gasteiger partial charge on any atom is -0.330 e. The minimum atomic E-state index is -0.754. The summed E-state index contributed by atoms with van der Waals surface area (Å²) in [5.41, 5.74) is 6.06. The summed E-state index contributed by atoms with van der Waals surface area (Å²) < 4.78 is 26.3. The molecule has 0 aliphatic heterocycles. The predicted molar refractivity (Wildman–Crippen MR) is 55.3 cm³/mol. The van der Waals surface area contributed by atoms with Crippen LogP contribution in [0.3, 0.4) is 0 Å². The molecule has 0 aromatic heterocycles. The lowest BCUT2D eigenvalue weighted by atomic mass is 9.71. The van der Waals surface area contributed by atoms with E-state index in [0.29, 0.717) is 30.4 Å². The summed E-state index contributed by atoms with van der Waals surface area (Å²) in [4.78, 5) is 0. The van der Waals surface area contributed by atoms with E-state index in [4.69, 9.17) is 5.73 Å². The van der Waals surface area contributed by atoms with Gasteiger partial charge in [-0.05, 0) is 49.3 Å². The molecule has 3 heteroatoms. The highest BCUT2D eigenvalue weighted by Crippen LogP contribution is 2.36. The van der Waals surface area contributed by atoms with Crippen molar-refractivity contribution in [2.75, 3.05) is 6.54 Å². The molecular formula is C12H15F2N. The Hall–Kier alpha value is -0.960. The molecule has 1 fully saturated rings. The molecule has 0 spiro atoms. The summed E-state index contributed by atoms with van der Waals surface area (Å²) >= 11 is 0. The largest absolute Gasteiger partial charge is 0.330 e. The summed E-state index contributed by atoms with van der Waals surface area (Å²) in [6, 6.07) is 4.37. The third-order valence-corrected chi connectivity index (χ3v) is 3.39. The van der Waals surface area contributed by atoms with Gasteiger partial charge in [-0.3, -0.25) is 0 Å². The van der Waals surface area contributed by atoms with Crippen molar-refractivity contribution in [1.29, 1.82) is 0 Å². The summed E-state index contributed by atoms with van der Waals surface area (Å²) in [6.07, 6.45) is 2.82. The highest BCUT2D eigenvalue weighted by molar-refractivity contribution is 5.20. The fourth-order valence-electron chi connectivity index (χ4n) is 2.21. The van der Waals surface area contributed by atoms with Crippen molar-refractivity contribution in [2.24, 2.45) is 17.6 Å². The molecule has 0 amide bonds. The molecule has 0 heterocycles. The maximum Gasteiger partial charge on any atom is 0.162 e. The molecule has 0 bridgehead atoms. The van der Waals surface area contributed by atoms with E-state index in [0.717, 1.165) is 18.9 Å². The quantitative estimate of drug-likeness (QED) is 0.816. The van der Waals surface area contributed by atoms with Crippen LogP contribution in [-0.2, 0) is 6.42 Å². The standard InChI is InChI=1S/C12H15F2N/c13-11-3-1-2-9(12(11)14)6-8-4-5-10(8)7-15/h1-3,8,10H,4-7,15H2. The van der Waals surface area contributed by atoms with E-state index >= 15 is 0 Å². The van der Waals surface area contributed by atoms with Crippen LogP contribution in [-0.4, -0.2) is 6.54 Å². The Morgan fingerprint density at radius 1 is 1.20 bits per heavy atom. The Morgan fingerprint density at radius 2 is 1.93 bits per heavy atom. The maximum absolute atomic E-state index is 13.3. The second-order valence-corrected chi connectivity index (χ2v) is 4.25. The molecule has 2 N–H and O–H groups in total. The Kier molecular flexibility index (Phi) is 3.00. The highest BCUT2D eigenvalue weighted by Gasteiger charge is 2.30. The third kappa shape index (κ3) is 2.02. The Morgan fingerprint density at radius 3 is 2.53 bits per heavy atom. The number of hydrogen-bond acceptors (Lipinski definition) is 1. The molecule has 1 aromatic rings. The van der Waals surface area contributed by atoms with Gasteiger partial charge in [-0.1, -0.05) is 12.1 Å². The second-order valence-electron chi connectivity index (χ2n) is 4.25. The van der Waals surface area contributed by atoms with Gasteiger partial charge in [-0.25, -0.2) is 8.78 Å². The van der Waals surface area contributed by atoms with Gasteiger partial charge in [0.05, 0.1) is 0 Å². The zero-order valence-corrected chi connectivity index (χ0v) is 8.55. The van der Waals surface area contributed by atoms with Crippen molar-refractivity contribution in [3.63, 3.8) is 0 Å². The van der Waals surface area contributed by atoms with Crippen LogP contribution in [0.1, 0.15) is 18.4 Å². The normalized spacial score (nSPS) is 25.0. The lowest BCUT2D eigenvalue weighted by Crippen LogP contribution is -2.33. The summed E-state index contributed by atoms with van der Waals surface area (Å²) in [6.45, 7) is 0.654. The van der Waals surface area contributed by atoms with Crippen LogP contribution in [0.15, 0.2) is 18.2 Å². The lowest BCUT2D eigenvalue weighted by molar-refractivity contribution is 0.181. The van der Waals surface area contributed by atoms with Gasteiger partial charge >= 0.3 is 0 Å². The first kappa shape index (κ1) is 10.6. The molecule has 1 aliphatic carbocycles. The first-order chi connectivity index (χ1) is 7.22. The second kappa shape index (κ2) is 4.27. The molecule has 1 nitrogen and oxygen atoms in total. The van der Waals surface area contributed by atoms with Gasteiger partial charge in [-0.15, -0.1) is 0 Å². The third-order valence-electron chi connectivity index (χ3n) is 3.39. The maximum atomic E-state index is 13.3. The number of rotatable bonds is 3. The van der Waals surface area contributed by atoms with Gasteiger partial charge in [0.15, 0.2) is 11.6 Å². The molecule has 2 rings (SSSR count).